The molecule has 1 saturated heterocycles. The fourth-order valence-electron chi connectivity index (χ4n) is 3.30. The smallest absolute Gasteiger partial charge is 0.411 e. The third-order valence-electron chi connectivity index (χ3n) is 5.08. The highest BCUT2D eigenvalue weighted by Crippen LogP contribution is 2.31. The number of methoxy groups -OCH3 is 3. The molecule has 0 atom stereocenters. The van der Waals surface area contributed by atoms with E-state index in [0.717, 1.165) is 0 Å². The van der Waals surface area contributed by atoms with E-state index in [4.69, 9.17) is 9.47 Å². The van der Waals surface area contributed by atoms with E-state index >= 15 is 0 Å². The van der Waals surface area contributed by atoms with Gasteiger partial charge in [0, 0.05) is 43.5 Å². The maximum Gasteiger partial charge on any atom is 0.411 e. The van der Waals surface area contributed by atoms with Crippen LogP contribution < -0.4 is 14.8 Å². The van der Waals surface area contributed by atoms with E-state index in [1.165, 1.54) is 31.7 Å². The minimum atomic E-state index is -3.83. The first kappa shape index (κ1) is 23.4. The van der Waals surface area contributed by atoms with Crippen LogP contribution in [0.3, 0.4) is 0 Å². The number of hydrogen-bond donors (Lipinski definition) is 1. The minimum absolute atomic E-state index is 0.0211. The van der Waals surface area contributed by atoms with Crippen molar-refractivity contribution in [2.75, 3.05) is 52.8 Å². The highest BCUT2D eigenvalue weighted by atomic mass is 32.2. The van der Waals surface area contributed by atoms with Crippen LogP contribution in [0.2, 0.25) is 0 Å². The Morgan fingerprint density at radius 2 is 1.56 bits per heavy atom. The number of piperazine rings is 1. The molecule has 32 heavy (non-hydrogen) atoms. The van der Waals surface area contributed by atoms with Crippen molar-refractivity contribution in [1.29, 1.82) is 0 Å². The van der Waals surface area contributed by atoms with Crippen LogP contribution >= 0.6 is 0 Å². The van der Waals surface area contributed by atoms with E-state index in [0.29, 0.717) is 17.0 Å². The third-order valence-corrected chi connectivity index (χ3v) is 7.00. The van der Waals surface area contributed by atoms with Crippen molar-refractivity contribution in [3.63, 3.8) is 0 Å². The molecule has 3 rings (SSSR count). The number of anilines is 1. The van der Waals surface area contributed by atoms with Gasteiger partial charge >= 0.3 is 6.09 Å². The molecule has 0 aliphatic carbocycles. The fraction of sp³-hybridized carbons (Fsp3) is 0.333. The molecule has 0 unspecified atom stereocenters. The molecule has 0 aromatic heterocycles. The Morgan fingerprint density at radius 1 is 0.906 bits per heavy atom. The van der Waals surface area contributed by atoms with Gasteiger partial charge < -0.3 is 19.1 Å². The van der Waals surface area contributed by atoms with Crippen LogP contribution in [0.15, 0.2) is 47.4 Å². The predicted molar refractivity (Wildman–Crippen MR) is 117 cm³/mol. The number of ether oxygens (including phenoxy) is 3. The van der Waals surface area contributed by atoms with Gasteiger partial charge in [0.05, 0.1) is 21.3 Å². The lowest BCUT2D eigenvalue weighted by Gasteiger charge is -2.34. The van der Waals surface area contributed by atoms with E-state index in [-0.39, 0.29) is 42.7 Å². The van der Waals surface area contributed by atoms with Crippen molar-refractivity contribution in [1.82, 2.24) is 9.21 Å². The van der Waals surface area contributed by atoms with Crippen molar-refractivity contribution in [2.45, 2.75) is 4.90 Å². The molecule has 0 bridgehead atoms. The number of benzene rings is 2. The summed E-state index contributed by atoms with van der Waals surface area (Å²) in [4.78, 5) is 25.7. The van der Waals surface area contributed by atoms with Gasteiger partial charge in [-0.3, -0.25) is 10.1 Å². The Bertz CT molecular complexity index is 1080. The van der Waals surface area contributed by atoms with Crippen molar-refractivity contribution < 1.29 is 32.2 Å². The molecular formula is C21H25N3O7S. The number of carbonyl (C=O) groups is 2. The normalized spacial score (nSPS) is 14.5. The summed E-state index contributed by atoms with van der Waals surface area (Å²) in [5.41, 5.74) is 0.933. The molecule has 1 heterocycles. The van der Waals surface area contributed by atoms with Crippen molar-refractivity contribution in [3.05, 3.63) is 48.0 Å². The molecule has 2 amide bonds. The van der Waals surface area contributed by atoms with E-state index < -0.39 is 16.1 Å². The molecule has 11 heteroatoms. The molecule has 1 aliphatic heterocycles. The molecule has 1 N–H and O–H groups in total. The first-order chi connectivity index (χ1) is 15.3. The minimum Gasteiger partial charge on any atom is -0.497 e. The van der Waals surface area contributed by atoms with Gasteiger partial charge in [0.15, 0.2) is 0 Å². The summed E-state index contributed by atoms with van der Waals surface area (Å²) in [6.07, 6.45) is -0.603. The van der Waals surface area contributed by atoms with Crippen LogP contribution in [0.4, 0.5) is 10.5 Å². The number of sulfonamides is 1. The van der Waals surface area contributed by atoms with Crippen LogP contribution in [0, 0.1) is 0 Å². The summed E-state index contributed by atoms with van der Waals surface area (Å²) in [5, 5.41) is 2.51. The van der Waals surface area contributed by atoms with Crippen LogP contribution in [0.5, 0.6) is 11.5 Å². The lowest BCUT2D eigenvalue weighted by molar-refractivity contribution is 0.0698. The summed E-state index contributed by atoms with van der Waals surface area (Å²) >= 11 is 0. The number of hydrogen-bond acceptors (Lipinski definition) is 7. The Labute approximate surface area is 186 Å². The number of nitrogens with zero attached hydrogens (tertiary/aromatic N) is 2. The molecule has 0 radical (unpaired) electrons. The van der Waals surface area contributed by atoms with Crippen LogP contribution in [0.1, 0.15) is 10.4 Å². The van der Waals surface area contributed by atoms with Gasteiger partial charge in [0.1, 0.15) is 16.4 Å². The average Bonchev–Trinajstić information content (AvgIpc) is 2.83. The maximum atomic E-state index is 13.2. The molecular weight excluding hydrogens is 438 g/mol. The van der Waals surface area contributed by atoms with E-state index in [9.17, 15) is 18.0 Å². The zero-order valence-corrected chi connectivity index (χ0v) is 18.8. The highest BCUT2D eigenvalue weighted by Gasteiger charge is 2.32. The zero-order chi connectivity index (χ0) is 23.3. The fourth-order valence-corrected chi connectivity index (χ4v) is 4.90. The number of nitrogens with one attached hydrogen (secondary N) is 1. The first-order valence-electron chi connectivity index (χ1n) is 9.76. The second-order valence-electron chi connectivity index (χ2n) is 6.91. The Morgan fingerprint density at radius 3 is 2.12 bits per heavy atom. The average molecular weight is 464 g/mol. The summed E-state index contributed by atoms with van der Waals surface area (Å²) in [5.74, 6) is 0.416. The van der Waals surface area contributed by atoms with Crippen molar-refractivity contribution in [3.8, 4) is 11.5 Å². The van der Waals surface area contributed by atoms with Gasteiger partial charge in [-0.1, -0.05) is 0 Å². The standard InChI is InChI=1S/C21H25N3O7S/c1-29-17-8-9-18(30-2)19(14-17)32(27,28)24-12-10-23(11-13-24)20(25)15-4-6-16(7-5-15)22-21(26)31-3/h4-9,14H,10-13H2,1-3H3,(H,22,26). The lowest BCUT2D eigenvalue weighted by atomic mass is 10.1. The molecule has 2 aromatic carbocycles. The highest BCUT2D eigenvalue weighted by molar-refractivity contribution is 7.89. The van der Waals surface area contributed by atoms with Crippen molar-refractivity contribution >= 4 is 27.7 Å². The van der Waals surface area contributed by atoms with Gasteiger partial charge in [-0.05, 0) is 36.4 Å². The molecule has 1 fully saturated rings. The molecule has 1 aliphatic rings. The van der Waals surface area contributed by atoms with Crippen molar-refractivity contribution in [2.24, 2.45) is 0 Å². The number of amides is 2. The summed E-state index contributed by atoms with van der Waals surface area (Å²) in [6.45, 7) is 0.784. The molecule has 0 spiro atoms. The summed E-state index contributed by atoms with van der Waals surface area (Å²) < 4.78 is 42.6. The van der Waals surface area contributed by atoms with Crippen LogP contribution in [0.25, 0.3) is 0 Å². The number of carbonyl (C=O) groups excluding carboxylic acids is 2. The number of rotatable bonds is 6. The van der Waals surface area contributed by atoms with Crippen LogP contribution in [-0.2, 0) is 14.8 Å². The maximum absolute atomic E-state index is 13.2. The first-order valence-corrected chi connectivity index (χ1v) is 11.2. The quantitative estimate of drug-likeness (QED) is 0.697. The molecule has 10 nitrogen and oxygen atoms in total. The topological polar surface area (TPSA) is 114 Å². The van der Waals surface area contributed by atoms with Gasteiger partial charge in [0.25, 0.3) is 5.91 Å². The Balaban J connectivity index is 1.68. The van der Waals surface area contributed by atoms with Gasteiger partial charge in [-0.25, -0.2) is 13.2 Å². The molecule has 0 saturated carbocycles. The van der Waals surface area contributed by atoms with Gasteiger partial charge in [-0.2, -0.15) is 4.31 Å². The third kappa shape index (κ3) is 4.94. The van der Waals surface area contributed by atoms with Gasteiger partial charge in [-0.15, -0.1) is 0 Å². The Hall–Kier alpha value is -3.31. The SMILES string of the molecule is COC(=O)Nc1ccc(C(=O)N2CCN(S(=O)(=O)c3cc(OC)ccc3OC)CC2)cc1. The second kappa shape index (κ2) is 9.88. The monoisotopic (exact) mass is 463 g/mol. The predicted octanol–water partition coefficient (Wildman–Crippen LogP) is 2.03. The summed E-state index contributed by atoms with van der Waals surface area (Å²) in [7, 11) is 0.294. The summed E-state index contributed by atoms with van der Waals surface area (Å²) in [6, 6.07) is 11.0. The van der Waals surface area contributed by atoms with Crippen LogP contribution in [-0.4, -0.2) is 77.1 Å². The lowest BCUT2D eigenvalue weighted by Crippen LogP contribution is -2.50. The second-order valence-corrected chi connectivity index (χ2v) is 8.81. The molecule has 172 valence electrons. The van der Waals surface area contributed by atoms with E-state index in [1.54, 1.807) is 41.3 Å². The Kier molecular flexibility index (Phi) is 7.21. The van der Waals surface area contributed by atoms with Gasteiger partial charge in [0.2, 0.25) is 10.0 Å². The van der Waals surface area contributed by atoms with E-state index in [2.05, 4.69) is 10.1 Å². The largest absolute Gasteiger partial charge is 0.497 e. The molecule has 2 aromatic rings. The zero-order valence-electron chi connectivity index (χ0n) is 18.0. The van der Waals surface area contributed by atoms with E-state index in [1.807, 2.05) is 0 Å².